The Hall–Kier alpha value is -1.20. The number of nitrogens with zero attached hydrogens (tertiary/aromatic N) is 3. The summed E-state index contributed by atoms with van der Waals surface area (Å²) in [5.74, 6) is 0.968. The molecular weight excluding hydrogens is 222 g/mol. The molecule has 0 saturated heterocycles. The highest BCUT2D eigenvalue weighted by molar-refractivity contribution is 7.16. The van der Waals surface area contributed by atoms with Crippen LogP contribution in [0.5, 0.6) is 0 Å². The van der Waals surface area contributed by atoms with Gasteiger partial charge in [0.15, 0.2) is 0 Å². The molecule has 0 spiro atoms. The first-order chi connectivity index (χ1) is 7.74. The van der Waals surface area contributed by atoms with Crippen LogP contribution in [0, 0.1) is 0 Å². The Morgan fingerprint density at radius 3 is 3.06 bits per heavy atom. The van der Waals surface area contributed by atoms with Gasteiger partial charge in [0.1, 0.15) is 17.0 Å². The fourth-order valence-corrected chi connectivity index (χ4v) is 2.35. The van der Waals surface area contributed by atoms with Crippen LogP contribution >= 0.6 is 11.3 Å². The maximum atomic E-state index is 5.16. The first kappa shape index (κ1) is 11.3. The number of rotatable bonds is 4. The van der Waals surface area contributed by atoms with Gasteiger partial charge < -0.3 is 9.64 Å². The molecule has 86 valence electrons. The van der Waals surface area contributed by atoms with E-state index in [0.717, 1.165) is 16.0 Å². The maximum absolute atomic E-state index is 5.16. The first-order valence-electron chi connectivity index (χ1n) is 5.14. The molecule has 0 unspecified atom stereocenters. The molecule has 0 bridgehead atoms. The normalized spacial score (nSPS) is 12.9. The zero-order valence-electron chi connectivity index (χ0n) is 9.67. The first-order valence-corrected chi connectivity index (χ1v) is 6.02. The largest absolute Gasteiger partial charge is 0.383 e. The van der Waals surface area contributed by atoms with Gasteiger partial charge in [0.2, 0.25) is 0 Å². The lowest BCUT2D eigenvalue weighted by molar-refractivity contribution is 0.183. The summed E-state index contributed by atoms with van der Waals surface area (Å²) in [6.07, 6.45) is 1.62. The van der Waals surface area contributed by atoms with Crippen molar-refractivity contribution >= 4 is 27.4 Å². The van der Waals surface area contributed by atoms with Crippen LogP contribution in [0.15, 0.2) is 17.8 Å². The number of thiophene rings is 1. The van der Waals surface area contributed by atoms with E-state index in [2.05, 4.69) is 27.9 Å². The fourth-order valence-electron chi connectivity index (χ4n) is 1.62. The Morgan fingerprint density at radius 2 is 2.31 bits per heavy atom. The molecule has 0 amide bonds. The van der Waals surface area contributed by atoms with Crippen molar-refractivity contribution in [2.75, 3.05) is 25.7 Å². The molecule has 2 aromatic rings. The van der Waals surface area contributed by atoms with E-state index in [1.807, 2.05) is 12.4 Å². The van der Waals surface area contributed by atoms with E-state index >= 15 is 0 Å². The number of hydrogen-bond donors (Lipinski definition) is 0. The lowest BCUT2D eigenvalue weighted by Gasteiger charge is -2.25. The van der Waals surface area contributed by atoms with Gasteiger partial charge in [-0.2, -0.15) is 0 Å². The molecule has 0 N–H and O–H groups in total. The molecule has 2 rings (SSSR count). The summed E-state index contributed by atoms with van der Waals surface area (Å²) in [5, 5.41) is 3.15. The average Bonchev–Trinajstić information content (AvgIpc) is 2.76. The van der Waals surface area contributed by atoms with Crippen LogP contribution in [0.25, 0.3) is 10.2 Å². The molecule has 0 aromatic carbocycles. The lowest BCUT2D eigenvalue weighted by Crippen LogP contribution is -2.33. The lowest BCUT2D eigenvalue weighted by atomic mass is 10.3. The minimum Gasteiger partial charge on any atom is -0.383 e. The Kier molecular flexibility index (Phi) is 3.36. The molecule has 0 aliphatic carbocycles. The predicted octanol–water partition coefficient (Wildman–Crippen LogP) is 2.16. The third-order valence-electron chi connectivity index (χ3n) is 2.64. The van der Waals surface area contributed by atoms with Crippen molar-refractivity contribution < 1.29 is 4.74 Å². The number of anilines is 1. The van der Waals surface area contributed by atoms with E-state index in [1.54, 1.807) is 24.8 Å². The van der Waals surface area contributed by atoms with E-state index in [4.69, 9.17) is 4.74 Å². The molecule has 5 heteroatoms. The highest BCUT2D eigenvalue weighted by Crippen LogP contribution is 2.26. The number of ether oxygens (including phenoxy) is 1. The fraction of sp³-hybridized carbons (Fsp3) is 0.455. The van der Waals surface area contributed by atoms with Gasteiger partial charge in [0, 0.05) is 14.2 Å². The van der Waals surface area contributed by atoms with Crippen molar-refractivity contribution in [2.24, 2.45) is 0 Å². The van der Waals surface area contributed by atoms with Crippen molar-refractivity contribution in [1.82, 2.24) is 9.97 Å². The van der Waals surface area contributed by atoms with Gasteiger partial charge in [-0.05, 0) is 18.4 Å². The summed E-state index contributed by atoms with van der Waals surface area (Å²) in [5.41, 5.74) is 0. The Labute approximate surface area is 98.9 Å². The zero-order chi connectivity index (χ0) is 11.5. The van der Waals surface area contributed by atoms with Crippen molar-refractivity contribution in [3.05, 3.63) is 17.8 Å². The van der Waals surface area contributed by atoms with Crippen LogP contribution in [0.3, 0.4) is 0 Å². The van der Waals surface area contributed by atoms with Gasteiger partial charge in [-0.15, -0.1) is 11.3 Å². The van der Waals surface area contributed by atoms with Gasteiger partial charge >= 0.3 is 0 Å². The molecule has 16 heavy (non-hydrogen) atoms. The monoisotopic (exact) mass is 237 g/mol. The smallest absolute Gasteiger partial charge is 0.140 e. The van der Waals surface area contributed by atoms with Gasteiger partial charge in [-0.25, -0.2) is 9.97 Å². The maximum Gasteiger partial charge on any atom is 0.140 e. The molecule has 2 heterocycles. The third-order valence-corrected chi connectivity index (χ3v) is 3.46. The molecule has 0 aliphatic heterocycles. The topological polar surface area (TPSA) is 38.2 Å². The zero-order valence-corrected chi connectivity index (χ0v) is 10.5. The molecule has 1 atom stereocenters. The van der Waals surface area contributed by atoms with Crippen molar-refractivity contribution in [3.63, 3.8) is 0 Å². The van der Waals surface area contributed by atoms with Gasteiger partial charge in [0.25, 0.3) is 0 Å². The molecule has 2 aromatic heterocycles. The SMILES string of the molecule is COC[C@@H](C)N(C)c1ncnc2sccc12. The van der Waals surface area contributed by atoms with Crippen LogP contribution in [-0.4, -0.2) is 36.8 Å². The highest BCUT2D eigenvalue weighted by Gasteiger charge is 2.14. The Morgan fingerprint density at radius 1 is 1.50 bits per heavy atom. The number of methoxy groups -OCH3 is 1. The molecule has 0 fully saturated rings. The van der Waals surface area contributed by atoms with Crippen LogP contribution in [0.2, 0.25) is 0 Å². The van der Waals surface area contributed by atoms with Crippen LogP contribution in [-0.2, 0) is 4.74 Å². The number of likely N-dealkylation sites (N-methyl/N-ethyl adjacent to an activating group) is 1. The van der Waals surface area contributed by atoms with E-state index in [1.165, 1.54) is 0 Å². The van der Waals surface area contributed by atoms with Gasteiger partial charge in [-0.1, -0.05) is 0 Å². The third kappa shape index (κ3) is 2.01. The predicted molar refractivity (Wildman–Crippen MR) is 67.2 cm³/mol. The van der Waals surface area contributed by atoms with Crippen LogP contribution in [0.4, 0.5) is 5.82 Å². The molecule has 0 saturated carbocycles. The number of fused-ring (bicyclic) bond motifs is 1. The summed E-state index contributed by atoms with van der Waals surface area (Å²) < 4.78 is 5.16. The van der Waals surface area contributed by atoms with E-state index in [-0.39, 0.29) is 0 Å². The molecule has 0 aliphatic rings. The second-order valence-electron chi connectivity index (χ2n) is 3.75. The summed E-state index contributed by atoms with van der Waals surface area (Å²) in [6, 6.07) is 2.36. The minimum absolute atomic E-state index is 0.294. The average molecular weight is 237 g/mol. The standard InChI is InChI=1S/C11H15N3OS/c1-8(6-15-3)14(2)10-9-4-5-16-11(9)13-7-12-10/h4-5,7-8H,6H2,1-3H3/t8-/m1/s1. The molecular formula is C11H15N3OS. The second-order valence-corrected chi connectivity index (χ2v) is 4.65. The second kappa shape index (κ2) is 4.76. The number of aromatic nitrogens is 2. The van der Waals surface area contributed by atoms with E-state index < -0.39 is 0 Å². The van der Waals surface area contributed by atoms with Crippen LogP contribution < -0.4 is 4.90 Å². The summed E-state index contributed by atoms with van der Waals surface area (Å²) >= 11 is 1.63. The minimum atomic E-state index is 0.294. The Bertz CT molecular complexity index is 471. The van der Waals surface area contributed by atoms with Crippen molar-refractivity contribution in [1.29, 1.82) is 0 Å². The molecule has 0 radical (unpaired) electrons. The summed E-state index contributed by atoms with van der Waals surface area (Å²) in [4.78, 5) is 11.7. The van der Waals surface area contributed by atoms with Gasteiger partial charge in [0.05, 0.1) is 18.0 Å². The summed E-state index contributed by atoms with van der Waals surface area (Å²) in [7, 11) is 3.74. The molecule has 4 nitrogen and oxygen atoms in total. The highest BCUT2D eigenvalue weighted by atomic mass is 32.1. The quantitative estimate of drug-likeness (QED) is 0.816. The van der Waals surface area contributed by atoms with Crippen molar-refractivity contribution in [3.8, 4) is 0 Å². The van der Waals surface area contributed by atoms with Gasteiger partial charge in [-0.3, -0.25) is 0 Å². The Balaban J connectivity index is 2.35. The van der Waals surface area contributed by atoms with E-state index in [9.17, 15) is 0 Å². The van der Waals surface area contributed by atoms with E-state index in [0.29, 0.717) is 12.6 Å². The van der Waals surface area contributed by atoms with Crippen LogP contribution in [0.1, 0.15) is 6.92 Å². The number of hydrogen-bond acceptors (Lipinski definition) is 5. The van der Waals surface area contributed by atoms with Crippen molar-refractivity contribution in [2.45, 2.75) is 13.0 Å². The summed E-state index contributed by atoms with van der Waals surface area (Å²) in [6.45, 7) is 2.80.